The number of hydrogen-bond acceptors (Lipinski definition) is 6. The molecular weight excluding hydrogens is 376 g/mol. The van der Waals surface area contributed by atoms with Gasteiger partial charge in [0.25, 0.3) is 5.91 Å². The molecule has 2 N–H and O–H groups in total. The Labute approximate surface area is 156 Å². The van der Waals surface area contributed by atoms with Crippen LogP contribution >= 0.6 is 11.3 Å². The molecule has 9 heteroatoms. The highest BCUT2D eigenvalue weighted by Crippen LogP contribution is 2.24. The van der Waals surface area contributed by atoms with Gasteiger partial charge < -0.3 is 10.4 Å². The Bertz CT molecular complexity index is 934. The van der Waals surface area contributed by atoms with Crippen molar-refractivity contribution in [2.45, 2.75) is 38.1 Å². The first-order chi connectivity index (χ1) is 12.2. The van der Waals surface area contributed by atoms with Gasteiger partial charge >= 0.3 is 5.97 Å². The van der Waals surface area contributed by atoms with Crippen LogP contribution in [0, 0.1) is 6.92 Å². The van der Waals surface area contributed by atoms with E-state index in [1.54, 1.807) is 32.9 Å². The van der Waals surface area contributed by atoms with E-state index in [2.05, 4.69) is 10.3 Å². The number of carboxylic acids is 1. The van der Waals surface area contributed by atoms with Gasteiger partial charge in [-0.1, -0.05) is 19.1 Å². The smallest absolute Gasteiger partial charge is 0.347 e. The molecule has 2 rings (SSSR count). The van der Waals surface area contributed by atoms with Crippen LogP contribution in [-0.4, -0.2) is 36.1 Å². The second-order valence-corrected chi connectivity index (χ2v) is 8.89. The summed E-state index contributed by atoms with van der Waals surface area (Å²) in [4.78, 5) is 28.0. The standard InChI is InChI=1S/C17H20N2O5S2/c1-4-9-26(23,24)13-8-6-5-7-12(13)15(20)18-11(3)16-19-10(2)14(25-16)17(21)22/h5-8,11H,4,9H2,1-3H3,(H,18,20)(H,21,22). The predicted molar refractivity (Wildman–Crippen MR) is 98.5 cm³/mol. The van der Waals surface area contributed by atoms with Gasteiger partial charge in [-0.05, 0) is 32.4 Å². The second kappa shape index (κ2) is 7.96. The molecule has 0 saturated carbocycles. The van der Waals surface area contributed by atoms with E-state index in [-0.39, 0.29) is 21.1 Å². The minimum Gasteiger partial charge on any atom is -0.477 e. The first-order valence-electron chi connectivity index (χ1n) is 8.00. The predicted octanol–water partition coefficient (Wildman–Crippen LogP) is 2.82. The number of thiazole rings is 1. The quantitative estimate of drug-likeness (QED) is 0.744. The number of hydrogen-bond donors (Lipinski definition) is 2. The highest BCUT2D eigenvalue weighted by Gasteiger charge is 2.24. The van der Waals surface area contributed by atoms with Crippen LogP contribution in [0.5, 0.6) is 0 Å². The molecule has 0 aliphatic rings. The number of aryl methyl sites for hydroxylation is 1. The molecule has 0 spiro atoms. The van der Waals surface area contributed by atoms with Gasteiger partial charge in [0.1, 0.15) is 9.88 Å². The first-order valence-corrected chi connectivity index (χ1v) is 10.5. The van der Waals surface area contributed by atoms with Gasteiger partial charge in [0, 0.05) is 0 Å². The summed E-state index contributed by atoms with van der Waals surface area (Å²) in [7, 11) is -3.55. The average Bonchev–Trinajstić information content (AvgIpc) is 2.97. The number of nitrogens with one attached hydrogen (secondary N) is 1. The molecule has 1 atom stereocenters. The Morgan fingerprint density at radius 1 is 1.31 bits per heavy atom. The Hall–Kier alpha value is -2.26. The molecule has 1 amide bonds. The Morgan fingerprint density at radius 2 is 1.96 bits per heavy atom. The zero-order valence-corrected chi connectivity index (χ0v) is 16.3. The Morgan fingerprint density at radius 3 is 2.54 bits per heavy atom. The zero-order chi connectivity index (χ0) is 19.5. The molecule has 1 heterocycles. The number of amides is 1. The van der Waals surface area contributed by atoms with Crippen LogP contribution in [0.25, 0.3) is 0 Å². The van der Waals surface area contributed by atoms with Gasteiger partial charge in [0.15, 0.2) is 9.84 Å². The van der Waals surface area contributed by atoms with Crippen molar-refractivity contribution in [3.8, 4) is 0 Å². The van der Waals surface area contributed by atoms with Gasteiger partial charge in [-0.25, -0.2) is 18.2 Å². The highest BCUT2D eigenvalue weighted by atomic mass is 32.2. The lowest BCUT2D eigenvalue weighted by molar-refractivity contribution is 0.0700. The van der Waals surface area contributed by atoms with Crippen molar-refractivity contribution < 1.29 is 23.1 Å². The van der Waals surface area contributed by atoms with Gasteiger partial charge in [-0.3, -0.25) is 4.79 Å². The lowest BCUT2D eigenvalue weighted by Crippen LogP contribution is -2.28. The summed E-state index contributed by atoms with van der Waals surface area (Å²) in [6, 6.07) is 5.49. The number of carboxylic acid groups (broad SMARTS) is 1. The molecule has 1 aromatic heterocycles. The summed E-state index contributed by atoms with van der Waals surface area (Å²) in [6.07, 6.45) is 0.449. The second-order valence-electron chi connectivity index (χ2n) is 5.78. The van der Waals surface area contributed by atoms with Crippen molar-refractivity contribution in [1.29, 1.82) is 0 Å². The largest absolute Gasteiger partial charge is 0.477 e. The number of carbonyl (C=O) groups excluding carboxylic acids is 1. The summed E-state index contributed by atoms with van der Waals surface area (Å²) in [5.41, 5.74) is 0.448. The van der Waals surface area contributed by atoms with Crippen molar-refractivity contribution in [3.05, 3.63) is 45.4 Å². The third-order valence-corrected chi connectivity index (χ3v) is 6.96. The molecule has 0 bridgehead atoms. The Kier molecular flexibility index (Phi) is 6.14. The number of aromatic carboxylic acids is 1. The minimum atomic E-state index is -3.55. The normalized spacial score (nSPS) is 12.6. The molecule has 0 fully saturated rings. The molecule has 7 nitrogen and oxygen atoms in total. The molecular formula is C17H20N2O5S2. The number of rotatable bonds is 7. The minimum absolute atomic E-state index is 0.00639. The fourth-order valence-electron chi connectivity index (χ4n) is 2.44. The van der Waals surface area contributed by atoms with Crippen LogP contribution in [0.1, 0.15) is 57.0 Å². The summed E-state index contributed by atoms with van der Waals surface area (Å²) >= 11 is 0.987. The Balaban J connectivity index is 2.28. The molecule has 1 aromatic carbocycles. The lowest BCUT2D eigenvalue weighted by Gasteiger charge is -2.14. The fourth-order valence-corrected chi connectivity index (χ4v) is 4.89. The lowest BCUT2D eigenvalue weighted by atomic mass is 10.2. The number of benzene rings is 1. The van der Waals surface area contributed by atoms with Crippen molar-refractivity contribution in [1.82, 2.24) is 10.3 Å². The molecule has 0 saturated heterocycles. The summed E-state index contributed by atoms with van der Waals surface area (Å²) in [5.74, 6) is -1.65. The summed E-state index contributed by atoms with van der Waals surface area (Å²) < 4.78 is 24.8. The maximum Gasteiger partial charge on any atom is 0.347 e. The van der Waals surface area contributed by atoms with Crippen LogP contribution in [0.4, 0.5) is 0 Å². The number of nitrogens with zero attached hydrogens (tertiary/aromatic N) is 1. The fraction of sp³-hybridized carbons (Fsp3) is 0.353. The number of sulfone groups is 1. The van der Waals surface area contributed by atoms with Crippen molar-refractivity contribution in [2.75, 3.05) is 5.75 Å². The van der Waals surface area contributed by atoms with Gasteiger partial charge in [0.05, 0.1) is 27.9 Å². The van der Waals surface area contributed by atoms with Gasteiger partial charge in [-0.15, -0.1) is 11.3 Å². The van der Waals surface area contributed by atoms with Crippen LogP contribution in [-0.2, 0) is 9.84 Å². The van der Waals surface area contributed by atoms with E-state index < -0.39 is 27.8 Å². The molecule has 0 aliphatic heterocycles. The molecule has 26 heavy (non-hydrogen) atoms. The van der Waals surface area contributed by atoms with E-state index in [0.717, 1.165) is 11.3 Å². The maximum atomic E-state index is 12.6. The average molecular weight is 396 g/mol. The monoisotopic (exact) mass is 396 g/mol. The number of aromatic nitrogens is 1. The van der Waals surface area contributed by atoms with Crippen molar-refractivity contribution >= 4 is 33.1 Å². The SMILES string of the molecule is CCCS(=O)(=O)c1ccccc1C(=O)NC(C)c1nc(C)c(C(=O)O)s1. The zero-order valence-electron chi connectivity index (χ0n) is 14.6. The molecule has 2 aromatic rings. The van der Waals surface area contributed by atoms with E-state index in [1.807, 2.05) is 0 Å². The topological polar surface area (TPSA) is 113 Å². The third kappa shape index (κ3) is 4.28. The van der Waals surface area contributed by atoms with E-state index in [9.17, 15) is 18.0 Å². The van der Waals surface area contributed by atoms with Crippen LogP contribution < -0.4 is 5.32 Å². The molecule has 1 unspecified atom stereocenters. The van der Waals surface area contributed by atoms with E-state index in [1.165, 1.54) is 12.1 Å². The summed E-state index contributed by atoms with van der Waals surface area (Å²) in [6.45, 7) is 5.02. The van der Waals surface area contributed by atoms with E-state index >= 15 is 0 Å². The molecule has 0 radical (unpaired) electrons. The third-order valence-electron chi connectivity index (χ3n) is 3.67. The van der Waals surface area contributed by atoms with Gasteiger partial charge in [0.2, 0.25) is 0 Å². The first kappa shape index (κ1) is 20.1. The van der Waals surface area contributed by atoms with Crippen LogP contribution in [0.2, 0.25) is 0 Å². The van der Waals surface area contributed by atoms with Gasteiger partial charge in [-0.2, -0.15) is 0 Å². The van der Waals surface area contributed by atoms with Crippen molar-refractivity contribution in [2.24, 2.45) is 0 Å². The van der Waals surface area contributed by atoms with E-state index in [4.69, 9.17) is 5.11 Å². The summed E-state index contributed by atoms with van der Waals surface area (Å²) in [5, 5.41) is 12.3. The number of carbonyl (C=O) groups is 2. The van der Waals surface area contributed by atoms with Crippen LogP contribution in [0.3, 0.4) is 0 Å². The highest BCUT2D eigenvalue weighted by molar-refractivity contribution is 7.91. The molecule has 0 aliphatic carbocycles. The van der Waals surface area contributed by atoms with Crippen LogP contribution in [0.15, 0.2) is 29.2 Å². The van der Waals surface area contributed by atoms with E-state index in [0.29, 0.717) is 17.1 Å². The molecule has 140 valence electrons. The maximum absolute atomic E-state index is 12.6. The van der Waals surface area contributed by atoms with Crippen molar-refractivity contribution in [3.63, 3.8) is 0 Å².